The fourth-order valence-electron chi connectivity index (χ4n) is 1.65. The third kappa shape index (κ3) is 7.78. The number of terminal acetylenes is 1. The van der Waals surface area contributed by atoms with Crippen molar-refractivity contribution in [2.45, 2.75) is 6.42 Å². The van der Waals surface area contributed by atoms with Crippen molar-refractivity contribution < 1.29 is 28.5 Å². The van der Waals surface area contributed by atoms with Crippen molar-refractivity contribution in [3.05, 3.63) is 12.2 Å². The van der Waals surface area contributed by atoms with Crippen molar-refractivity contribution in [2.24, 2.45) is 0 Å². The zero-order valence-corrected chi connectivity index (χ0v) is 12.5. The Labute approximate surface area is 130 Å². The van der Waals surface area contributed by atoms with Crippen LogP contribution in [0.4, 0.5) is 0 Å². The van der Waals surface area contributed by atoms with Crippen LogP contribution in [0.5, 0.6) is 0 Å². The lowest BCUT2D eigenvalue weighted by Crippen LogP contribution is -2.33. The molecule has 0 fully saturated rings. The summed E-state index contributed by atoms with van der Waals surface area (Å²) in [5.74, 6) is -0.575. The molecule has 0 saturated carbocycles. The van der Waals surface area contributed by atoms with E-state index in [1.807, 2.05) is 0 Å². The number of ether oxygens (including phenoxy) is 4. The summed E-state index contributed by atoms with van der Waals surface area (Å²) in [5, 5.41) is 0. The minimum Gasteiger partial charge on any atom is -0.444 e. The lowest BCUT2D eigenvalue weighted by molar-refractivity contribution is -0.137. The highest BCUT2D eigenvalue weighted by atomic mass is 16.5. The van der Waals surface area contributed by atoms with Crippen molar-refractivity contribution in [1.82, 2.24) is 4.90 Å². The summed E-state index contributed by atoms with van der Waals surface area (Å²) in [5.41, 5.74) is 0. The SMILES string of the molecule is C#COCCOCCOCCCOCCN1C(=O)C=CC1=O. The van der Waals surface area contributed by atoms with Crippen molar-refractivity contribution in [1.29, 1.82) is 0 Å². The van der Waals surface area contributed by atoms with Crippen LogP contribution in [0.25, 0.3) is 0 Å². The van der Waals surface area contributed by atoms with Gasteiger partial charge in [0.15, 0.2) is 0 Å². The van der Waals surface area contributed by atoms with E-state index in [1.165, 1.54) is 12.2 Å². The molecule has 1 aliphatic rings. The number of carbonyl (C=O) groups is 2. The molecule has 1 aliphatic heterocycles. The molecule has 0 unspecified atom stereocenters. The van der Waals surface area contributed by atoms with E-state index in [4.69, 9.17) is 20.6 Å². The molecule has 0 N–H and O–H groups in total. The largest absolute Gasteiger partial charge is 0.444 e. The van der Waals surface area contributed by atoms with Gasteiger partial charge in [-0.05, 0) is 6.42 Å². The molecular weight excluding hydrogens is 290 g/mol. The zero-order valence-electron chi connectivity index (χ0n) is 12.5. The van der Waals surface area contributed by atoms with Crippen LogP contribution in [0.1, 0.15) is 6.42 Å². The highest BCUT2D eigenvalue weighted by molar-refractivity contribution is 6.12. The van der Waals surface area contributed by atoms with Gasteiger partial charge < -0.3 is 18.9 Å². The van der Waals surface area contributed by atoms with Gasteiger partial charge in [-0.2, -0.15) is 0 Å². The molecule has 0 aromatic rings. The summed E-state index contributed by atoms with van der Waals surface area (Å²) in [6.45, 7) is 3.49. The first-order chi connectivity index (χ1) is 10.8. The second-order valence-corrected chi connectivity index (χ2v) is 4.32. The minimum atomic E-state index is -0.287. The normalized spacial score (nSPS) is 13.7. The number of hydrogen-bond acceptors (Lipinski definition) is 6. The highest BCUT2D eigenvalue weighted by Crippen LogP contribution is 2.02. The molecule has 0 bridgehead atoms. The summed E-state index contributed by atoms with van der Waals surface area (Å²) >= 11 is 0. The molecular formula is C15H21NO6. The number of carbonyl (C=O) groups excluding carboxylic acids is 2. The van der Waals surface area contributed by atoms with Crippen LogP contribution in [0.2, 0.25) is 0 Å². The van der Waals surface area contributed by atoms with Gasteiger partial charge >= 0.3 is 0 Å². The van der Waals surface area contributed by atoms with Gasteiger partial charge in [-0.3, -0.25) is 14.5 Å². The maximum atomic E-state index is 11.2. The number of hydrogen-bond donors (Lipinski definition) is 0. The van der Waals surface area contributed by atoms with Gasteiger partial charge in [0.05, 0.1) is 33.0 Å². The summed E-state index contributed by atoms with van der Waals surface area (Å²) in [6, 6.07) is 0. The molecule has 0 spiro atoms. The molecule has 122 valence electrons. The Hall–Kier alpha value is -1.88. The van der Waals surface area contributed by atoms with E-state index in [0.29, 0.717) is 46.2 Å². The average Bonchev–Trinajstić information content (AvgIpc) is 2.83. The highest BCUT2D eigenvalue weighted by Gasteiger charge is 2.22. The van der Waals surface area contributed by atoms with E-state index < -0.39 is 0 Å². The molecule has 1 rings (SSSR count). The Morgan fingerprint density at radius 1 is 0.864 bits per heavy atom. The van der Waals surface area contributed by atoms with Gasteiger partial charge in [-0.1, -0.05) is 6.42 Å². The van der Waals surface area contributed by atoms with Crippen molar-refractivity contribution in [3.8, 4) is 12.5 Å². The Morgan fingerprint density at radius 2 is 1.41 bits per heavy atom. The molecule has 0 aliphatic carbocycles. The van der Waals surface area contributed by atoms with Crippen molar-refractivity contribution in [2.75, 3.05) is 52.8 Å². The van der Waals surface area contributed by atoms with Crippen molar-refractivity contribution >= 4 is 11.8 Å². The van der Waals surface area contributed by atoms with Crippen LogP contribution in [-0.2, 0) is 28.5 Å². The number of amides is 2. The summed E-state index contributed by atoms with van der Waals surface area (Å²) in [4.78, 5) is 23.6. The second-order valence-electron chi connectivity index (χ2n) is 4.32. The molecule has 7 heteroatoms. The maximum absolute atomic E-state index is 11.2. The fourth-order valence-corrected chi connectivity index (χ4v) is 1.65. The Kier molecular flexibility index (Phi) is 9.70. The topological polar surface area (TPSA) is 74.3 Å². The van der Waals surface area contributed by atoms with E-state index >= 15 is 0 Å². The molecule has 22 heavy (non-hydrogen) atoms. The maximum Gasteiger partial charge on any atom is 0.253 e. The molecule has 7 nitrogen and oxygen atoms in total. The zero-order chi connectivity index (χ0) is 16.0. The number of rotatable bonds is 13. The van der Waals surface area contributed by atoms with Gasteiger partial charge in [0.2, 0.25) is 0 Å². The van der Waals surface area contributed by atoms with Crippen LogP contribution in [-0.4, -0.2) is 69.5 Å². The van der Waals surface area contributed by atoms with E-state index in [9.17, 15) is 9.59 Å². The Balaban J connectivity index is 1.80. The lowest BCUT2D eigenvalue weighted by atomic mass is 10.5. The number of nitrogens with zero attached hydrogens (tertiary/aromatic N) is 1. The molecule has 0 atom stereocenters. The predicted molar refractivity (Wildman–Crippen MR) is 77.7 cm³/mol. The minimum absolute atomic E-state index is 0.277. The molecule has 0 radical (unpaired) electrons. The van der Waals surface area contributed by atoms with Crippen LogP contribution < -0.4 is 0 Å². The van der Waals surface area contributed by atoms with E-state index in [2.05, 4.69) is 10.8 Å². The quantitative estimate of drug-likeness (QED) is 0.270. The van der Waals surface area contributed by atoms with Gasteiger partial charge in [0.25, 0.3) is 11.8 Å². The first-order valence-corrected chi connectivity index (χ1v) is 7.10. The smallest absolute Gasteiger partial charge is 0.253 e. The third-order valence-corrected chi connectivity index (χ3v) is 2.72. The average molecular weight is 311 g/mol. The van der Waals surface area contributed by atoms with E-state index in [1.54, 1.807) is 0 Å². The van der Waals surface area contributed by atoms with Gasteiger partial charge in [0.1, 0.15) is 12.7 Å². The Bertz CT molecular complexity index is 397. The first-order valence-electron chi connectivity index (χ1n) is 7.10. The van der Waals surface area contributed by atoms with Gasteiger partial charge in [0, 0.05) is 25.4 Å². The molecule has 0 aromatic heterocycles. The molecule has 2 amide bonds. The predicted octanol–water partition coefficient (Wildman–Crippen LogP) is -0.0414. The van der Waals surface area contributed by atoms with E-state index in [0.717, 1.165) is 11.3 Å². The summed E-state index contributed by atoms with van der Waals surface area (Å²) in [6.07, 6.45) is 10.2. The molecule has 0 saturated heterocycles. The van der Waals surface area contributed by atoms with Crippen LogP contribution in [0.3, 0.4) is 0 Å². The van der Waals surface area contributed by atoms with Crippen LogP contribution in [0, 0.1) is 12.5 Å². The third-order valence-electron chi connectivity index (χ3n) is 2.72. The fraction of sp³-hybridized carbons (Fsp3) is 0.600. The summed E-state index contributed by atoms with van der Waals surface area (Å²) in [7, 11) is 0. The van der Waals surface area contributed by atoms with Gasteiger partial charge in [-0.25, -0.2) is 0 Å². The van der Waals surface area contributed by atoms with Crippen LogP contribution in [0.15, 0.2) is 12.2 Å². The second kappa shape index (κ2) is 11.7. The van der Waals surface area contributed by atoms with E-state index in [-0.39, 0.29) is 18.4 Å². The Morgan fingerprint density at radius 3 is 2.05 bits per heavy atom. The molecule has 1 heterocycles. The standard InChI is InChI=1S/C15H21NO6/c1-2-19-10-11-22-13-12-21-8-3-7-20-9-6-16-14(17)4-5-15(16)18/h1,4-5H,3,6-13H2. The molecule has 0 aromatic carbocycles. The van der Waals surface area contributed by atoms with Gasteiger partial charge in [-0.15, -0.1) is 0 Å². The van der Waals surface area contributed by atoms with Crippen molar-refractivity contribution in [3.63, 3.8) is 0 Å². The lowest BCUT2D eigenvalue weighted by Gasteiger charge is -2.13. The monoisotopic (exact) mass is 311 g/mol. The number of imide groups is 1. The summed E-state index contributed by atoms with van der Waals surface area (Å²) < 4.78 is 20.6. The first kappa shape index (κ1) is 18.2. The van der Waals surface area contributed by atoms with Crippen LogP contribution >= 0.6 is 0 Å².